The van der Waals surface area contributed by atoms with Crippen LogP contribution in [0.1, 0.15) is 90.4 Å². The predicted octanol–water partition coefficient (Wildman–Crippen LogP) is 5.72. The fourth-order valence-corrected chi connectivity index (χ4v) is 3.14. The Hall–Kier alpha value is -1.06. The fraction of sp³-hybridized carbons (Fsp3) is 0.944. The minimum absolute atomic E-state index is 0.0362. The minimum Gasteiger partial charge on any atom is -0.370 e. The number of nitrogens with zero attached hydrogens (tertiary/aromatic N) is 3. The van der Waals surface area contributed by atoms with E-state index >= 15 is 0 Å². The number of ketones is 1. The highest BCUT2D eigenvalue weighted by molar-refractivity contribution is 5.90. The first-order chi connectivity index (χ1) is 11.3. The molecule has 0 bridgehead atoms. The lowest BCUT2D eigenvalue weighted by atomic mass is 10.0. The Kier molecular flexibility index (Phi) is 11.6. The van der Waals surface area contributed by atoms with Gasteiger partial charge in [0, 0.05) is 4.91 Å². The van der Waals surface area contributed by atoms with E-state index in [9.17, 15) is 4.79 Å². The first-order valence-electron chi connectivity index (χ1n) is 9.49. The van der Waals surface area contributed by atoms with E-state index in [1.54, 1.807) is 0 Å². The van der Waals surface area contributed by atoms with Crippen molar-refractivity contribution in [1.29, 1.82) is 0 Å². The van der Waals surface area contributed by atoms with E-state index in [-0.39, 0.29) is 18.5 Å². The molecule has 132 valence electrons. The number of rotatable bonds is 14. The van der Waals surface area contributed by atoms with Gasteiger partial charge in [-0.2, -0.15) is 0 Å². The van der Waals surface area contributed by atoms with E-state index in [0.29, 0.717) is 0 Å². The monoisotopic (exact) mass is 323 g/mol. The third-order valence-electron chi connectivity index (χ3n) is 4.61. The van der Waals surface area contributed by atoms with Gasteiger partial charge in [0.2, 0.25) is 0 Å². The van der Waals surface area contributed by atoms with Crippen LogP contribution in [0.4, 0.5) is 0 Å². The lowest BCUT2D eigenvalue weighted by Crippen LogP contribution is -2.22. The number of unbranched alkanes of at least 4 members (excludes halogenated alkanes) is 11. The summed E-state index contributed by atoms with van der Waals surface area (Å²) < 4.78 is 5.42. The van der Waals surface area contributed by atoms with Crippen molar-refractivity contribution < 1.29 is 9.53 Å². The summed E-state index contributed by atoms with van der Waals surface area (Å²) >= 11 is 0. The molecule has 23 heavy (non-hydrogen) atoms. The van der Waals surface area contributed by atoms with Crippen LogP contribution in [0.3, 0.4) is 0 Å². The van der Waals surface area contributed by atoms with Crippen LogP contribution in [0.2, 0.25) is 0 Å². The zero-order valence-electron chi connectivity index (χ0n) is 14.7. The van der Waals surface area contributed by atoms with Gasteiger partial charge in [0.15, 0.2) is 5.78 Å². The number of Topliss-reactive ketones (excluding diaryl/α,β-unsaturated/α-hetero) is 1. The maximum absolute atomic E-state index is 11.8. The molecule has 1 rings (SSSR count). The summed E-state index contributed by atoms with van der Waals surface area (Å²) in [6.45, 7) is 2.51. The molecule has 0 spiro atoms. The second-order valence-corrected chi connectivity index (χ2v) is 6.62. The minimum atomic E-state index is -0.595. The maximum atomic E-state index is 11.8. The number of hydrogen-bond donors (Lipinski definition) is 0. The number of ether oxygens (including phenoxy) is 1. The van der Waals surface area contributed by atoms with Crippen molar-refractivity contribution in [3.05, 3.63) is 10.4 Å². The first kappa shape index (κ1) is 20.0. The van der Waals surface area contributed by atoms with Crippen LogP contribution in [0.25, 0.3) is 10.4 Å². The molecule has 0 aliphatic carbocycles. The summed E-state index contributed by atoms with van der Waals surface area (Å²) in [4.78, 5) is 14.5. The summed E-state index contributed by atoms with van der Waals surface area (Å²) in [6.07, 6.45) is 16.2. The summed E-state index contributed by atoms with van der Waals surface area (Å²) in [5.74, 6) is -0.0362. The van der Waals surface area contributed by atoms with Crippen molar-refractivity contribution in [3.63, 3.8) is 0 Å². The maximum Gasteiger partial charge on any atom is 0.172 e. The van der Waals surface area contributed by atoms with Gasteiger partial charge in [-0.1, -0.05) is 89.1 Å². The molecule has 0 saturated carbocycles. The van der Waals surface area contributed by atoms with Crippen LogP contribution in [-0.2, 0) is 9.53 Å². The number of azide groups is 1. The lowest BCUT2D eigenvalue weighted by Gasteiger charge is -2.07. The zero-order chi connectivity index (χ0) is 16.8. The molecule has 1 aliphatic heterocycles. The average molecular weight is 323 g/mol. The summed E-state index contributed by atoms with van der Waals surface area (Å²) in [5.41, 5.74) is 8.37. The van der Waals surface area contributed by atoms with Crippen molar-refractivity contribution in [2.24, 2.45) is 5.11 Å². The Morgan fingerprint density at radius 3 is 2.04 bits per heavy atom. The molecule has 1 saturated heterocycles. The quantitative estimate of drug-likeness (QED) is 0.177. The van der Waals surface area contributed by atoms with Gasteiger partial charge in [0.1, 0.15) is 12.1 Å². The molecule has 5 nitrogen and oxygen atoms in total. The molecule has 0 unspecified atom stereocenters. The van der Waals surface area contributed by atoms with Gasteiger partial charge in [-0.05, 0) is 12.0 Å². The van der Waals surface area contributed by atoms with Crippen LogP contribution < -0.4 is 0 Å². The molecular formula is C18H33N3O2. The normalized spacial score (nSPS) is 20.7. The largest absolute Gasteiger partial charge is 0.370 e. The van der Waals surface area contributed by atoms with E-state index in [2.05, 4.69) is 16.9 Å². The predicted molar refractivity (Wildman–Crippen MR) is 93.4 cm³/mol. The summed E-state index contributed by atoms with van der Waals surface area (Å²) in [7, 11) is 0. The molecule has 5 heteroatoms. The Labute approximate surface area is 140 Å². The van der Waals surface area contributed by atoms with Crippen LogP contribution in [0, 0.1) is 0 Å². The van der Waals surface area contributed by atoms with E-state index in [4.69, 9.17) is 10.3 Å². The SMILES string of the molecule is CCCCCCCCCCCCCC[C@@H]1OC[C@H](N=[N+]=[N-])C1=O. The Morgan fingerprint density at radius 2 is 1.52 bits per heavy atom. The van der Waals surface area contributed by atoms with Crippen molar-refractivity contribution in [2.75, 3.05) is 6.61 Å². The first-order valence-corrected chi connectivity index (χ1v) is 9.49. The molecule has 1 aliphatic rings. The molecule has 1 heterocycles. The molecular weight excluding hydrogens is 290 g/mol. The van der Waals surface area contributed by atoms with E-state index < -0.39 is 6.04 Å². The molecule has 0 aromatic heterocycles. The fourth-order valence-electron chi connectivity index (χ4n) is 3.14. The Morgan fingerprint density at radius 1 is 1.00 bits per heavy atom. The number of carbonyl (C=O) groups excluding carboxylic acids is 1. The van der Waals surface area contributed by atoms with Gasteiger partial charge in [0.25, 0.3) is 0 Å². The molecule has 0 aromatic carbocycles. The van der Waals surface area contributed by atoms with Crippen molar-refractivity contribution in [3.8, 4) is 0 Å². The van der Waals surface area contributed by atoms with Gasteiger partial charge >= 0.3 is 0 Å². The van der Waals surface area contributed by atoms with Crippen molar-refractivity contribution >= 4 is 5.78 Å². The van der Waals surface area contributed by atoms with E-state index in [1.165, 1.54) is 64.2 Å². The molecule has 1 fully saturated rings. The second-order valence-electron chi connectivity index (χ2n) is 6.62. The highest BCUT2D eigenvalue weighted by Crippen LogP contribution is 2.19. The third-order valence-corrected chi connectivity index (χ3v) is 4.61. The van der Waals surface area contributed by atoms with Gasteiger partial charge in [-0.25, -0.2) is 0 Å². The van der Waals surface area contributed by atoms with Crippen LogP contribution in [0.15, 0.2) is 5.11 Å². The highest BCUT2D eigenvalue weighted by Gasteiger charge is 2.33. The Bertz CT molecular complexity index is 367. The second kappa shape index (κ2) is 13.4. The van der Waals surface area contributed by atoms with E-state index in [1.807, 2.05) is 0 Å². The van der Waals surface area contributed by atoms with Gasteiger partial charge in [0.05, 0.1) is 6.61 Å². The molecule has 2 atom stereocenters. The summed E-state index contributed by atoms with van der Waals surface area (Å²) in [5, 5.41) is 3.47. The Balaban J connectivity index is 1.87. The van der Waals surface area contributed by atoms with Crippen LogP contribution in [0.5, 0.6) is 0 Å². The van der Waals surface area contributed by atoms with Gasteiger partial charge in [-0.15, -0.1) is 0 Å². The lowest BCUT2D eigenvalue weighted by molar-refractivity contribution is -0.123. The molecule has 0 radical (unpaired) electrons. The highest BCUT2D eigenvalue weighted by atomic mass is 16.5. The standard InChI is InChI=1S/C18H33N3O2/c1-2-3-4-5-6-7-8-9-10-11-12-13-14-17-18(22)16(15-23-17)20-21-19/h16-17H,2-15H2,1H3/t16-,17-/m0/s1. The van der Waals surface area contributed by atoms with E-state index in [0.717, 1.165) is 19.3 Å². The number of hydrogen-bond acceptors (Lipinski definition) is 3. The molecule has 0 aromatic rings. The van der Waals surface area contributed by atoms with Crippen LogP contribution >= 0.6 is 0 Å². The topological polar surface area (TPSA) is 75.1 Å². The zero-order valence-corrected chi connectivity index (χ0v) is 14.7. The van der Waals surface area contributed by atoms with Crippen LogP contribution in [-0.4, -0.2) is 24.5 Å². The number of carbonyl (C=O) groups is 1. The average Bonchev–Trinajstić information content (AvgIpc) is 2.89. The van der Waals surface area contributed by atoms with Gasteiger partial charge < -0.3 is 4.74 Å². The van der Waals surface area contributed by atoms with Crippen molar-refractivity contribution in [1.82, 2.24) is 0 Å². The van der Waals surface area contributed by atoms with Gasteiger partial charge in [-0.3, -0.25) is 4.79 Å². The molecule has 0 amide bonds. The smallest absolute Gasteiger partial charge is 0.172 e. The van der Waals surface area contributed by atoms with Crippen molar-refractivity contribution in [2.45, 2.75) is 103 Å². The molecule has 0 N–H and O–H groups in total. The third kappa shape index (κ3) is 8.97. The summed E-state index contributed by atoms with van der Waals surface area (Å²) in [6, 6.07) is -0.595.